The van der Waals surface area contributed by atoms with Crippen molar-refractivity contribution < 1.29 is 9.34 Å². The number of tetrazole rings is 1. The minimum absolute atomic E-state index is 0.292. The fourth-order valence-electron chi connectivity index (χ4n) is 2.11. The van der Waals surface area contributed by atoms with Gasteiger partial charge in [-0.05, 0) is 51.6 Å². The van der Waals surface area contributed by atoms with Gasteiger partial charge in [-0.2, -0.15) is 4.68 Å². The Labute approximate surface area is 147 Å². The van der Waals surface area contributed by atoms with Crippen LogP contribution in [-0.4, -0.2) is 25.1 Å². The number of hydrogen-bond donors (Lipinski definition) is 0. The van der Waals surface area contributed by atoms with Crippen LogP contribution in [0.5, 0.6) is 0 Å². The second kappa shape index (κ2) is 7.31. The Hall–Kier alpha value is -2.94. The van der Waals surface area contributed by atoms with Gasteiger partial charge in [0, 0.05) is 0 Å². The monoisotopic (exact) mass is 357 g/mol. The van der Waals surface area contributed by atoms with E-state index in [9.17, 15) is 10.1 Å². The van der Waals surface area contributed by atoms with Crippen molar-refractivity contribution >= 4 is 23.7 Å². The summed E-state index contributed by atoms with van der Waals surface area (Å²) in [6.45, 7) is 4.27. The summed E-state index contributed by atoms with van der Waals surface area (Å²) in [7, 11) is 0. The minimum Gasteiger partial charge on any atom is -0.401 e. The molecule has 0 bridgehead atoms. The highest BCUT2D eigenvalue weighted by atomic mass is 32.2. The lowest BCUT2D eigenvalue weighted by Crippen LogP contribution is -1.99. The molecule has 9 heteroatoms. The lowest BCUT2D eigenvalue weighted by molar-refractivity contribution is -0.402. The van der Waals surface area contributed by atoms with Gasteiger partial charge in [0.1, 0.15) is 10.7 Å². The van der Waals surface area contributed by atoms with Crippen LogP contribution in [-0.2, 0) is 0 Å². The van der Waals surface area contributed by atoms with Crippen molar-refractivity contribution in [3.05, 3.63) is 63.2 Å². The second-order valence-corrected chi connectivity index (χ2v) is 6.35. The minimum atomic E-state index is -0.578. The van der Waals surface area contributed by atoms with Gasteiger partial charge in [0.15, 0.2) is 0 Å². The van der Waals surface area contributed by atoms with Gasteiger partial charge in [-0.25, -0.2) is 0 Å². The quantitative estimate of drug-likeness (QED) is 0.373. The second-order valence-electron chi connectivity index (χ2n) is 5.47. The molecule has 2 heterocycles. The highest BCUT2D eigenvalue weighted by Crippen LogP contribution is 2.23. The van der Waals surface area contributed by atoms with E-state index in [0.29, 0.717) is 16.8 Å². The summed E-state index contributed by atoms with van der Waals surface area (Å²) in [5, 5.41) is 24.6. The molecule has 0 aliphatic carbocycles. The molecule has 0 fully saturated rings. The van der Waals surface area contributed by atoms with Crippen LogP contribution in [0.1, 0.15) is 31.1 Å². The van der Waals surface area contributed by atoms with E-state index >= 15 is 0 Å². The number of nitrogens with zero attached hydrogens (tertiary/aromatic N) is 5. The van der Waals surface area contributed by atoms with Crippen LogP contribution in [0, 0.1) is 10.1 Å². The van der Waals surface area contributed by atoms with Crippen molar-refractivity contribution in [3.8, 4) is 5.69 Å². The molecule has 2 aromatic heterocycles. The molecule has 0 amide bonds. The van der Waals surface area contributed by atoms with E-state index in [-0.39, 0.29) is 5.88 Å². The van der Waals surface area contributed by atoms with Crippen molar-refractivity contribution in [2.45, 2.75) is 24.9 Å². The van der Waals surface area contributed by atoms with Crippen LogP contribution in [0.25, 0.3) is 11.8 Å². The standard InChI is InChI=1S/C16H15N5O3S/c1-11(2)12-3-5-13(6-4-12)20-16(17-18-19-20)25-10-9-14-7-8-15(24-14)21(22)23/h3-11H,1-2H3/b10-9+. The molecule has 0 unspecified atom stereocenters. The van der Waals surface area contributed by atoms with Gasteiger partial charge in [0.25, 0.3) is 0 Å². The molecular weight excluding hydrogens is 342 g/mol. The molecule has 0 radical (unpaired) electrons. The van der Waals surface area contributed by atoms with E-state index in [1.807, 2.05) is 24.3 Å². The summed E-state index contributed by atoms with van der Waals surface area (Å²) in [4.78, 5) is 10.0. The Bertz CT molecular complexity index is 899. The average molecular weight is 357 g/mol. The van der Waals surface area contributed by atoms with Gasteiger partial charge in [-0.15, -0.1) is 5.10 Å². The number of nitro groups is 1. The zero-order valence-corrected chi connectivity index (χ0v) is 14.4. The molecule has 1 aromatic carbocycles. The Kier molecular flexibility index (Phi) is 4.94. The van der Waals surface area contributed by atoms with E-state index in [4.69, 9.17) is 4.42 Å². The fourth-order valence-corrected chi connectivity index (χ4v) is 2.76. The van der Waals surface area contributed by atoms with E-state index in [1.54, 1.807) is 16.2 Å². The predicted molar refractivity (Wildman–Crippen MR) is 93.5 cm³/mol. The zero-order valence-electron chi connectivity index (χ0n) is 13.6. The molecule has 3 rings (SSSR count). The highest BCUT2D eigenvalue weighted by Gasteiger charge is 2.11. The molecule has 0 atom stereocenters. The maximum atomic E-state index is 10.6. The SMILES string of the molecule is CC(C)c1ccc(-n2nnnc2S/C=C/c2ccc([N+](=O)[O-])o2)cc1. The Balaban J connectivity index is 1.73. The average Bonchev–Trinajstić information content (AvgIpc) is 3.24. The van der Waals surface area contributed by atoms with Gasteiger partial charge in [0.2, 0.25) is 5.16 Å². The molecule has 8 nitrogen and oxygen atoms in total. The van der Waals surface area contributed by atoms with Crippen LogP contribution in [0.4, 0.5) is 5.88 Å². The van der Waals surface area contributed by atoms with Crippen molar-refractivity contribution in [3.63, 3.8) is 0 Å². The molecule has 128 valence electrons. The van der Waals surface area contributed by atoms with Crippen molar-refractivity contribution in [1.82, 2.24) is 20.2 Å². The number of furan rings is 1. The van der Waals surface area contributed by atoms with E-state index in [1.165, 1.54) is 29.5 Å². The Morgan fingerprint density at radius 3 is 2.64 bits per heavy atom. The number of thioether (sulfide) groups is 1. The third kappa shape index (κ3) is 3.94. The van der Waals surface area contributed by atoms with E-state index in [2.05, 4.69) is 29.4 Å². The molecule has 0 saturated carbocycles. The summed E-state index contributed by atoms with van der Waals surface area (Å²) in [5.74, 6) is 0.552. The maximum absolute atomic E-state index is 10.6. The number of aromatic nitrogens is 4. The lowest BCUT2D eigenvalue weighted by atomic mass is 10.0. The first-order valence-corrected chi connectivity index (χ1v) is 8.38. The van der Waals surface area contributed by atoms with Gasteiger partial charge in [0.05, 0.1) is 11.8 Å². The third-order valence-corrected chi connectivity index (χ3v) is 4.18. The molecule has 0 aliphatic rings. The first-order chi connectivity index (χ1) is 12.0. The molecule has 0 saturated heterocycles. The van der Waals surface area contributed by atoms with Gasteiger partial charge >= 0.3 is 5.88 Å². The van der Waals surface area contributed by atoms with Crippen LogP contribution in [0.2, 0.25) is 0 Å². The van der Waals surface area contributed by atoms with Crippen molar-refractivity contribution in [1.29, 1.82) is 0 Å². The summed E-state index contributed by atoms with van der Waals surface area (Å²) in [5.41, 5.74) is 2.10. The van der Waals surface area contributed by atoms with Crippen LogP contribution < -0.4 is 0 Å². The summed E-state index contributed by atoms with van der Waals surface area (Å²) in [6.07, 6.45) is 1.62. The number of benzene rings is 1. The molecule has 3 aromatic rings. The Morgan fingerprint density at radius 2 is 2.00 bits per heavy atom. The number of hydrogen-bond acceptors (Lipinski definition) is 7. The van der Waals surface area contributed by atoms with Crippen LogP contribution in [0.15, 0.2) is 51.4 Å². The van der Waals surface area contributed by atoms with Gasteiger partial charge < -0.3 is 4.42 Å². The zero-order chi connectivity index (χ0) is 17.8. The predicted octanol–water partition coefficient (Wildman–Crippen LogP) is 4.05. The largest absolute Gasteiger partial charge is 0.433 e. The maximum Gasteiger partial charge on any atom is 0.433 e. The fraction of sp³-hybridized carbons (Fsp3) is 0.188. The van der Waals surface area contributed by atoms with Gasteiger partial charge in [-0.1, -0.05) is 37.7 Å². The first kappa shape index (κ1) is 16.9. The molecule has 0 aliphatic heterocycles. The van der Waals surface area contributed by atoms with Crippen molar-refractivity contribution in [2.24, 2.45) is 0 Å². The smallest absolute Gasteiger partial charge is 0.401 e. The van der Waals surface area contributed by atoms with Crippen molar-refractivity contribution in [2.75, 3.05) is 0 Å². The number of rotatable bonds is 6. The third-order valence-electron chi connectivity index (χ3n) is 3.44. The summed E-state index contributed by atoms with van der Waals surface area (Å²) >= 11 is 1.29. The first-order valence-electron chi connectivity index (χ1n) is 7.51. The van der Waals surface area contributed by atoms with Gasteiger partial charge in [-0.3, -0.25) is 10.1 Å². The van der Waals surface area contributed by atoms with Crippen LogP contribution in [0.3, 0.4) is 0 Å². The molecular formula is C16H15N5O3S. The van der Waals surface area contributed by atoms with E-state index in [0.717, 1.165) is 5.69 Å². The summed E-state index contributed by atoms with van der Waals surface area (Å²) < 4.78 is 6.69. The molecule has 25 heavy (non-hydrogen) atoms. The van der Waals surface area contributed by atoms with E-state index < -0.39 is 4.92 Å². The topological polar surface area (TPSA) is 99.9 Å². The molecule has 0 spiro atoms. The Morgan fingerprint density at radius 1 is 1.24 bits per heavy atom. The lowest BCUT2D eigenvalue weighted by Gasteiger charge is -2.07. The molecule has 0 N–H and O–H groups in total. The van der Waals surface area contributed by atoms with Crippen LogP contribution >= 0.6 is 11.8 Å². The highest BCUT2D eigenvalue weighted by molar-refractivity contribution is 8.02. The normalized spacial score (nSPS) is 11.5. The summed E-state index contributed by atoms with van der Waals surface area (Å²) in [6, 6.07) is 10.9.